The van der Waals surface area contributed by atoms with Crippen molar-refractivity contribution in [1.82, 2.24) is 5.32 Å². The third-order valence-electron chi connectivity index (χ3n) is 3.60. The van der Waals surface area contributed by atoms with Crippen molar-refractivity contribution >= 4 is 11.6 Å². The summed E-state index contributed by atoms with van der Waals surface area (Å²) in [6, 6.07) is 7.36. The average molecular weight is 340 g/mol. The van der Waals surface area contributed by atoms with Gasteiger partial charge >= 0.3 is 0 Å². The number of halogens is 1. The van der Waals surface area contributed by atoms with Crippen molar-refractivity contribution in [3.8, 4) is 11.5 Å². The van der Waals surface area contributed by atoms with Gasteiger partial charge in [0.1, 0.15) is 11.9 Å². The Hall–Kier alpha value is -1.69. The van der Waals surface area contributed by atoms with E-state index in [1.165, 1.54) is 0 Å². The van der Waals surface area contributed by atoms with Crippen molar-refractivity contribution in [3.63, 3.8) is 0 Å². The van der Waals surface area contributed by atoms with Gasteiger partial charge in [0, 0.05) is 12.6 Å². The Labute approximate surface area is 141 Å². The van der Waals surface area contributed by atoms with Gasteiger partial charge in [-0.15, -0.1) is 0 Å². The minimum atomic E-state index is -0.624. The fourth-order valence-corrected chi connectivity index (χ4v) is 2.69. The number of hydrogen-bond acceptors (Lipinski definition) is 5. The second kappa shape index (κ2) is 8.24. The summed E-state index contributed by atoms with van der Waals surface area (Å²) in [4.78, 5) is 0. The summed E-state index contributed by atoms with van der Waals surface area (Å²) in [5.74, 6) is 1.70. The zero-order valence-corrected chi connectivity index (χ0v) is 14.3. The van der Waals surface area contributed by atoms with E-state index in [0.29, 0.717) is 35.2 Å². The van der Waals surface area contributed by atoms with Gasteiger partial charge in [0.05, 0.1) is 25.5 Å². The van der Waals surface area contributed by atoms with Gasteiger partial charge in [-0.05, 0) is 43.2 Å². The van der Waals surface area contributed by atoms with Crippen LogP contribution < -0.4 is 14.8 Å². The average Bonchev–Trinajstić information content (AvgIpc) is 3.06. The smallest absolute Gasteiger partial charge is 0.179 e. The van der Waals surface area contributed by atoms with E-state index in [9.17, 15) is 5.11 Å². The number of rotatable bonds is 8. The summed E-state index contributed by atoms with van der Waals surface area (Å²) < 4.78 is 15.7. The molecule has 2 unspecified atom stereocenters. The number of furan rings is 1. The standard InChI is InChI=1S/C17H22ClNO4/c1-11(7-14(20)15-5-4-6-23-15)19-10-12-8-13(18)17(22-3)16(9-12)21-2/h4-6,8-9,11,14,19-20H,7,10H2,1-3H3. The summed E-state index contributed by atoms with van der Waals surface area (Å²) in [5, 5.41) is 13.9. The molecule has 1 aromatic heterocycles. The molecule has 1 heterocycles. The monoisotopic (exact) mass is 339 g/mol. The molecule has 0 saturated heterocycles. The van der Waals surface area contributed by atoms with Crippen LogP contribution in [0.25, 0.3) is 0 Å². The number of nitrogens with one attached hydrogen (secondary N) is 1. The SMILES string of the molecule is COc1cc(CNC(C)CC(O)c2ccco2)cc(Cl)c1OC. The normalized spacial score (nSPS) is 13.6. The first kappa shape index (κ1) is 17.7. The largest absolute Gasteiger partial charge is 0.493 e. The molecule has 0 aliphatic heterocycles. The first-order valence-corrected chi connectivity index (χ1v) is 7.78. The Kier molecular flexibility index (Phi) is 6.33. The quantitative estimate of drug-likeness (QED) is 0.770. The molecule has 2 N–H and O–H groups in total. The third kappa shape index (κ3) is 4.64. The van der Waals surface area contributed by atoms with Gasteiger partial charge in [-0.2, -0.15) is 0 Å². The lowest BCUT2D eigenvalue weighted by Crippen LogP contribution is -2.27. The highest BCUT2D eigenvalue weighted by Crippen LogP contribution is 2.36. The Morgan fingerprint density at radius 3 is 2.70 bits per heavy atom. The molecule has 5 nitrogen and oxygen atoms in total. The van der Waals surface area contributed by atoms with E-state index >= 15 is 0 Å². The van der Waals surface area contributed by atoms with Crippen molar-refractivity contribution in [2.75, 3.05) is 14.2 Å². The van der Waals surface area contributed by atoms with Crippen LogP contribution >= 0.6 is 11.6 Å². The molecular weight excluding hydrogens is 318 g/mol. The lowest BCUT2D eigenvalue weighted by Gasteiger charge is -2.18. The lowest BCUT2D eigenvalue weighted by atomic mass is 10.1. The van der Waals surface area contributed by atoms with Gasteiger partial charge in [0.25, 0.3) is 0 Å². The number of aliphatic hydroxyl groups is 1. The molecule has 0 radical (unpaired) electrons. The Morgan fingerprint density at radius 2 is 2.09 bits per heavy atom. The van der Waals surface area contributed by atoms with Crippen LogP contribution in [0, 0.1) is 0 Å². The molecule has 1 aromatic carbocycles. The summed E-state index contributed by atoms with van der Waals surface area (Å²) in [5.41, 5.74) is 0.979. The summed E-state index contributed by atoms with van der Waals surface area (Å²) in [6.45, 7) is 2.61. The molecule has 6 heteroatoms. The molecule has 0 saturated carbocycles. The molecule has 2 atom stereocenters. The summed E-state index contributed by atoms with van der Waals surface area (Å²) >= 11 is 6.20. The van der Waals surface area contributed by atoms with Crippen LogP contribution in [-0.2, 0) is 6.54 Å². The fraction of sp³-hybridized carbons (Fsp3) is 0.412. The van der Waals surface area contributed by atoms with Gasteiger partial charge in [-0.3, -0.25) is 0 Å². The Balaban J connectivity index is 1.93. The van der Waals surface area contributed by atoms with Crippen LogP contribution in [0.15, 0.2) is 34.9 Å². The number of aliphatic hydroxyl groups excluding tert-OH is 1. The van der Waals surface area contributed by atoms with Gasteiger partial charge in [-0.1, -0.05) is 11.6 Å². The summed E-state index contributed by atoms with van der Waals surface area (Å²) in [6.07, 6.45) is 1.48. The van der Waals surface area contributed by atoms with Gasteiger partial charge in [0.15, 0.2) is 11.5 Å². The van der Waals surface area contributed by atoms with E-state index in [-0.39, 0.29) is 6.04 Å². The maximum atomic E-state index is 10.1. The molecule has 2 rings (SSSR count). The first-order valence-electron chi connectivity index (χ1n) is 7.40. The van der Waals surface area contributed by atoms with Crippen LogP contribution in [0.5, 0.6) is 11.5 Å². The van der Waals surface area contributed by atoms with Crippen LogP contribution in [0.4, 0.5) is 0 Å². The molecule has 0 amide bonds. The van der Waals surface area contributed by atoms with Crippen LogP contribution in [0.2, 0.25) is 5.02 Å². The van der Waals surface area contributed by atoms with E-state index in [1.54, 1.807) is 32.6 Å². The highest BCUT2D eigenvalue weighted by atomic mass is 35.5. The molecule has 0 fully saturated rings. The van der Waals surface area contributed by atoms with E-state index in [1.807, 2.05) is 19.1 Å². The number of ether oxygens (including phenoxy) is 2. The van der Waals surface area contributed by atoms with Crippen molar-refractivity contribution in [3.05, 3.63) is 46.9 Å². The molecular formula is C17H22ClNO4. The van der Waals surface area contributed by atoms with E-state index in [4.69, 9.17) is 25.5 Å². The van der Waals surface area contributed by atoms with Crippen LogP contribution in [-0.4, -0.2) is 25.4 Å². The molecule has 0 aliphatic carbocycles. The van der Waals surface area contributed by atoms with E-state index in [2.05, 4.69) is 5.32 Å². The second-order valence-electron chi connectivity index (χ2n) is 5.36. The predicted molar refractivity (Wildman–Crippen MR) is 89.1 cm³/mol. The van der Waals surface area contributed by atoms with Crippen LogP contribution in [0.3, 0.4) is 0 Å². The minimum absolute atomic E-state index is 0.0990. The molecule has 2 aromatic rings. The van der Waals surface area contributed by atoms with E-state index < -0.39 is 6.10 Å². The molecule has 0 spiro atoms. The topological polar surface area (TPSA) is 63.9 Å². The second-order valence-corrected chi connectivity index (χ2v) is 5.77. The highest BCUT2D eigenvalue weighted by molar-refractivity contribution is 6.32. The van der Waals surface area contributed by atoms with Gasteiger partial charge in [0.2, 0.25) is 0 Å². The zero-order valence-electron chi connectivity index (χ0n) is 13.5. The van der Waals surface area contributed by atoms with Crippen molar-refractivity contribution < 1.29 is 19.0 Å². The Bertz CT molecular complexity index is 615. The van der Waals surface area contributed by atoms with Crippen molar-refractivity contribution in [2.24, 2.45) is 0 Å². The summed E-state index contributed by atoms with van der Waals surface area (Å²) in [7, 11) is 3.13. The van der Waals surface area contributed by atoms with Crippen molar-refractivity contribution in [1.29, 1.82) is 0 Å². The number of methoxy groups -OCH3 is 2. The number of benzene rings is 1. The molecule has 0 bridgehead atoms. The Morgan fingerprint density at radius 1 is 1.30 bits per heavy atom. The fourth-order valence-electron chi connectivity index (χ4n) is 2.38. The van der Waals surface area contributed by atoms with Gasteiger partial charge in [-0.25, -0.2) is 0 Å². The lowest BCUT2D eigenvalue weighted by molar-refractivity contribution is 0.128. The third-order valence-corrected chi connectivity index (χ3v) is 3.88. The minimum Gasteiger partial charge on any atom is -0.493 e. The molecule has 0 aliphatic rings. The van der Waals surface area contributed by atoms with E-state index in [0.717, 1.165) is 5.56 Å². The maximum Gasteiger partial charge on any atom is 0.179 e. The molecule has 23 heavy (non-hydrogen) atoms. The predicted octanol–water partition coefficient (Wildman–Crippen LogP) is 3.55. The maximum absolute atomic E-state index is 10.1. The van der Waals surface area contributed by atoms with Crippen molar-refractivity contribution in [2.45, 2.75) is 32.0 Å². The zero-order chi connectivity index (χ0) is 16.8. The molecule has 126 valence electrons. The van der Waals surface area contributed by atoms with Crippen LogP contribution in [0.1, 0.15) is 30.8 Å². The highest BCUT2D eigenvalue weighted by Gasteiger charge is 2.15. The van der Waals surface area contributed by atoms with Gasteiger partial charge < -0.3 is 24.3 Å². The number of hydrogen-bond donors (Lipinski definition) is 2. The first-order chi connectivity index (χ1) is 11.0.